The van der Waals surface area contributed by atoms with E-state index in [1.807, 2.05) is 30.3 Å². The Hall–Kier alpha value is -1.88. The predicted molar refractivity (Wildman–Crippen MR) is 86.9 cm³/mol. The minimum atomic E-state index is -0.973. The van der Waals surface area contributed by atoms with Crippen molar-refractivity contribution in [1.82, 2.24) is 0 Å². The summed E-state index contributed by atoms with van der Waals surface area (Å²) in [5, 5.41) is 9.21. The molecule has 0 spiro atoms. The lowest BCUT2D eigenvalue weighted by Gasteiger charge is -2.21. The largest absolute Gasteiger partial charge is 0.481 e. The lowest BCUT2D eigenvalue weighted by Crippen LogP contribution is -2.27. The number of aliphatic carboxylic acids is 1. The zero-order chi connectivity index (χ0) is 17.3. The van der Waals surface area contributed by atoms with Crippen molar-refractivity contribution in [3.05, 3.63) is 35.9 Å². The van der Waals surface area contributed by atoms with Gasteiger partial charge in [0.25, 0.3) is 0 Å². The smallest absolute Gasteiger partial charge is 0.307 e. The molecule has 1 N–H and O–H groups in total. The minimum Gasteiger partial charge on any atom is -0.481 e. The van der Waals surface area contributed by atoms with E-state index in [1.54, 1.807) is 20.8 Å². The summed E-state index contributed by atoms with van der Waals surface area (Å²) in [6, 6.07) is 9.78. The zero-order valence-corrected chi connectivity index (χ0v) is 14.1. The van der Waals surface area contributed by atoms with E-state index >= 15 is 0 Å². The Morgan fingerprint density at radius 3 is 2.39 bits per heavy atom. The standard InChI is InChI=1S/C18H26O5/c1-18(2,3)23-16(19)12-15(17(20)21)10-7-11-22-13-14-8-5-4-6-9-14/h4-6,8-9,15H,7,10-13H2,1-3H3,(H,20,21)/t15-/m0/s1. The first-order chi connectivity index (χ1) is 10.8. The van der Waals surface area contributed by atoms with E-state index in [2.05, 4.69) is 0 Å². The van der Waals surface area contributed by atoms with Crippen LogP contribution >= 0.6 is 0 Å². The Morgan fingerprint density at radius 1 is 1.17 bits per heavy atom. The fourth-order valence-corrected chi connectivity index (χ4v) is 2.09. The molecule has 0 amide bonds. The monoisotopic (exact) mass is 322 g/mol. The second-order valence-electron chi connectivity index (χ2n) is 6.51. The van der Waals surface area contributed by atoms with Crippen LogP contribution in [0.15, 0.2) is 30.3 Å². The highest BCUT2D eigenvalue weighted by Crippen LogP contribution is 2.16. The van der Waals surface area contributed by atoms with Gasteiger partial charge in [-0.2, -0.15) is 0 Å². The van der Waals surface area contributed by atoms with Crippen molar-refractivity contribution in [2.75, 3.05) is 6.61 Å². The van der Waals surface area contributed by atoms with Crippen LogP contribution in [0.5, 0.6) is 0 Å². The van der Waals surface area contributed by atoms with Gasteiger partial charge in [0, 0.05) is 6.61 Å². The molecule has 0 aliphatic carbocycles. The number of carboxylic acid groups (broad SMARTS) is 1. The molecule has 1 atom stereocenters. The second-order valence-corrected chi connectivity index (χ2v) is 6.51. The summed E-state index contributed by atoms with van der Waals surface area (Å²) in [6.07, 6.45) is 0.876. The lowest BCUT2D eigenvalue weighted by atomic mass is 10.00. The van der Waals surface area contributed by atoms with Crippen molar-refractivity contribution in [2.24, 2.45) is 5.92 Å². The summed E-state index contributed by atoms with van der Waals surface area (Å²) in [6.45, 7) is 6.26. The van der Waals surface area contributed by atoms with E-state index in [4.69, 9.17) is 9.47 Å². The Morgan fingerprint density at radius 2 is 1.83 bits per heavy atom. The number of benzene rings is 1. The van der Waals surface area contributed by atoms with Crippen molar-refractivity contribution in [2.45, 2.75) is 52.2 Å². The van der Waals surface area contributed by atoms with Gasteiger partial charge < -0.3 is 14.6 Å². The van der Waals surface area contributed by atoms with Gasteiger partial charge in [0.2, 0.25) is 0 Å². The molecule has 0 aliphatic heterocycles. The normalized spacial score (nSPS) is 12.7. The van der Waals surface area contributed by atoms with Crippen LogP contribution in [0.2, 0.25) is 0 Å². The average Bonchev–Trinajstić information content (AvgIpc) is 2.44. The fourth-order valence-electron chi connectivity index (χ4n) is 2.09. The van der Waals surface area contributed by atoms with Gasteiger partial charge in [-0.1, -0.05) is 30.3 Å². The van der Waals surface area contributed by atoms with Gasteiger partial charge in [0.05, 0.1) is 18.9 Å². The molecule has 0 saturated heterocycles. The summed E-state index contributed by atoms with van der Waals surface area (Å²) < 4.78 is 10.7. The topological polar surface area (TPSA) is 72.8 Å². The molecule has 1 aromatic rings. The molecular formula is C18H26O5. The maximum atomic E-state index is 11.7. The van der Waals surface area contributed by atoms with Crippen LogP contribution in [-0.4, -0.2) is 29.3 Å². The van der Waals surface area contributed by atoms with Gasteiger partial charge in [0.15, 0.2) is 0 Å². The van der Waals surface area contributed by atoms with Crippen molar-refractivity contribution < 1.29 is 24.2 Å². The summed E-state index contributed by atoms with van der Waals surface area (Å²) in [5.74, 6) is -2.18. The highest BCUT2D eigenvalue weighted by Gasteiger charge is 2.24. The molecule has 0 fully saturated rings. The number of ether oxygens (including phenoxy) is 2. The van der Waals surface area contributed by atoms with E-state index in [9.17, 15) is 14.7 Å². The minimum absolute atomic E-state index is 0.106. The molecule has 5 nitrogen and oxygen atoms in total. The first kappa shape index (κ1) is 19.2. The molecule has 0 aliphatic rings. The predicted octanol–water partition coefficient (Wildman–Crippen LogP) is 3.42. The van der Waals surface area contributed by atoms with Crippen LogP contribution < -0.4 is 0 Å². The summed E-state index contributed by atoms with van der Waals surface area (Å²) in [7, 11) is 0. The Bertz CT molecular complexity index is 490. The zero-order valence-electron chi connectivity index (χ0n) is 14.1. The third-order valence-corrected chi connectivity index (χ3v) is 3.14. The van der Waals surface area contributed by atoms with Gasteiger partial charge in [-0.3, -0.25) is 9.59 Å². The van der Waals surface area contributed by atoms with Gasteiger partial charge in [-0.05, 0) is 39.2 Å². The maximum Gasteiger partial charge on any atom is 0.307 e. The Balaban J connectivity index is 2.28. The molecule has 1 aromatic carbocycles. The molecule has 0 radical (unpaired) electrons. The van der Waals surface area contributed by atoms with E-state index in [0.717, 1.165) is 5.56 Å². The first-order valence-electron chi connectivity index (χ1n) is 7.84. The molecule has 23 heavy (non-hydrogen) atoms. The highest BCUT2D eigenvalue weighted by atomic mass is 16.6. The second kappa shape index (κ2) is 9.30. The molecule has 1 rings (SSSR count). The van der Waals surface area contributed by atoms with Gasteiger partial charge in [-0.15, -0.1) is 0 Å². The quantitative estimate of drug-likeness (QED) is 0.557. The molecule has 0 saturated carbocycles. The molecular weight excluding hydrogens is 296 g/mol. The molecule has 0 aromatic heterocycles. The number of carboxylic acids is 1. The third kappa shape index (κ3) is 8.98. The number of hydrogen-bond acceptors (Lipinski definition) is 4. The number of hydrogen-bond donors (Lipinski definition) is 1. The van der Waals surface area contributed by atoms with Gasteiger partial charge in [0.1, 0.15) is 5.60 Å². The van der Waals surface area contributed by atoms with Crippen LogP contribution in [-0.2, 0) is 25.7 Å². The van der Waals surface area contributed by atoms with Crippen LogP contribution in [0.3, 0.4) is 0 Å². The van der Waals surface area contributed by atoms with Crippen molar-refractivity contribution in [3.63, 3.8) is 0 Å². The highest BCUT2D eigenvalue weighted by molar-refractivity contribution is 5.78. The molecule has 5 heteroatoms. The Kier molecular flexibility index (Phi) is 7.75. The molecule has 128 valence electrons. The van der Waals surface area contributed by atoms with Crippen molar-refractivity contribution in [1.29, 1.82) is 0 Å². The van der Waals surface area contributed by atoms with Crippen LogP contribution in [0.4, 0.5) is 0 Å². The van der Waals surface area contributed by atoms with Crippen LogP contribution in [0.1, 0.15) is 45.6 Å². The van der Waals surface area contributed by atoms with Gasteiger partial charge in [-0.25, -0.2) is 0 Å². The van der Waals surface area contributed by atoms with Crippen LogP contribution in [0, 0.1) is 5.92 Å². The summed E-state index contributed by atoms with van der Waals surface area (Å²) in [4.78, 5) is 23.0. The first-order valence-corrected chi connectivity index (χ1v) is 7.84. The Labute approximate surface area is 137 Å². The molecule has 0 unspecified atom stereocenters. The fraction of sp³-hybridized carbons (Fsp3) is 0.556. The molecule has 0 bridgehead atoms. The SMILES string of the molecule is CC(C)(C)OC(=O)C[C@H](CCCOCc1ccccc1)C(=O)O. The molecule has 0 heterocycles. The van der Waals surface area contributed by atoms with E-state index in [0.29, 0.717) is 26.1 Å². The number of rotatable bonds is 9. The average molecular weight is 322 g/mol. The summed E-state index contributed by atoms with van der Waals surface area (Å²) in [5.41, 5.74) is 0.481. The maximum absolute atomic E-state index is 11.7. The number of carbonyl (C=O) groups is 2. The number of esters is 1. The summed E-state index contributed by atoms with van der Waals surface area (Å²) >= 11 is 0. The van der Waals surface area contributed by atoms with E-state index in [-0.39, 0.29) is 6.42 Å². The number of carbonyl (C=O) groups excluding carboxylic acids is 1. The van der Waals surface area contributed by atoms with E-state index < -0.39 is 23.5 Å². The third-order valence-electron chi connectivity index (χ3n) is 3.14. The van der Waals surface area contributed by atoms with Gasteiger partial charge >= 0.3 is 11.9 Å². The van der Waals surface area contributed by atoms with Crippen molar-refractivity contribution >= 4 is 11.9 Å². The lowest BCUT2D eigenvalue weighted by molar-refractivity contribution is -0.160. The van der Waals surface area contributed by atoms with E-state index in [1.165, 1.54) is 0 Å². The van der Waals surface area contributed by atoms with Crippen LogP contribution in [0.25, 0.3) is 0 Å². The van der Waals surface area contributed by atoms with Crippen molar-refractivity contribution in [3.8, 4) is 0 Å².